The number of rotatable bonds is 7. The Balaban J connectivity index is 2.87. The second-order valence-corrected chi connectivity index (χ2v) is 4.42. The molecule has 0 aromatic carbocycles. The molecule has 5 nitrogen and oxygen atoms in total. The number of aromatic nitrogens is 2. The molecule has 0 bridgehead atoms. The van der Waals surface area contributed by atoms with Gasteiger partial charge in [-0.2, -0.15) is 0 Å². The van der Waals surface area contributed by atoms with Crippen LogP contribution >= 0.6 is 0 Å². The fraction of sp³-hybridized carbons (Fsp3) is 0.692. The van der Waals surface area contributed by atoms with Gasteiger partial charge in [-0.05, 0) is 13.8 Å². The summed E-state index contributed by atoms with van der Waals surface area (Å²) in [5.74, 6) is 1.67. The molecule has 1 heterocycles. The maximum atomic E-state index is 11.6. The van der Waals surface area contributed by atoms with Crippen LogP contribution < -0.4 is 10.5 Å². The van der Waals surface area contributed by atoms with Crippen LogP contribution in [0.1, 0.15) is 39.4 Å². The number of H-pyrrole nitrogens is 1. The SMILES string of the molecule is CCOCCN(CC)c1cc(=O)[nH]c(C(C)C)n1. The van der Waals surface area contributed by atoms with Gasteiger partial charge in [0.15, 0.2) is 0 Å². The maximum absolute atomic E-state index is 11.6. The quantitative estimate of drug-likeness (QED) is 0.752. The van der Waals surface area contributed by atoms with E-state index in [9.17, 15) is 4.79 Å². The highest BCUT2D eigenvalue weighted by Crippen LogP contribution is 2.12. The van der Waals surface area contributed by atoms with E-state index in [-0.39, 0.29) is 11.5 Å². The van der Waals surface area contributed by atoms with Crippen LogP contribution in [0.25, 0.3) is 0 Å². The van der Waals surface area contributed by atoms with Gasteiger partial charge in [0.1, 0.15) is 11.6 Å². The van der Waals surface area contributed by atoms with Crippen LogP contribution in [-0.2, 0) is 4.74 Å². The lowest BCUT2D eigenvalue weighted by atomic mass is 10.2. The monoisotopic (exact) mass is 253 g/mol. The Hall–Kier alpha value is -1.36. The average Bonchev–Trinajstić information content (AvgIpc) is 2.34. The van der Waals surface area contributed by atoms with Crippen LogP contribution in [0.4, 0.5) is 5.82 Å². The molecule has 0 fully saturated rings. The Labute approximate surface area is 108 Å². The third-order valence-electron chi connectivity index (χ3n) is 2.71. The number of nitrogens with one attached hydrogen (secondary N) is 1. The van der Waals surface area contributed by atoms with E-state index in [1.165, 1.54) is 0 Å². The van der Waals surface area contributed by atoms with Gasteiger partial charge in [-0.15, -0.1) is 0 Å². The molecule has 1 rings (SSSR count). The minimum absolute atomic E-state index is 0.0986. The van der Waals surface area contributed by atoms with Gasteiger partial charge in [0.2, 0.25) is 0 Å². The van der Waals surface area contributed by atoms with E-state index in [2.05, 4.69) is 14.9 Å². The molecule has 1 N–H and O–H groups in total. The smallest absolute Gasteiger partial charge is 0.252 e. The van der Waals surface area contributed by atoms with Crippen LogP contribution in [0.15, 0.2) is 10.9 Å². The van der Waals surface area contributed by atoms with E-state index in [0.717, 1.165) is 24.7 Å². The summed E-state index contributed by atoms with van der Waals surface area (Å²) in [6.45, 7) is 11.0. The molecule has 0 unspecified atom stereocenters. The minimum atomic E-state index is -0.0986. The molecule has 0 amide bonds. The molecule has 1 aromatic heterocycles. The lowest BCUT2D eigenvalue weighted by molar-refractivity contribution is 0.154. The molecule has 0 aliphatic carbocycles. The summed E-state index contributed by atoms with van der Waals surface area (Å²) in [5.41, 5.74) is -0.0986. The topological polar surface area (TPSA) is 58.2 Å². The van der Waals surface area contributed by atoms with Crippen molar-refractivity contribution in [3.63, 3.8) is 0 Å². The highest BCUT2D eigenvalue weighted by Gasteiger charge is 2.10. The zero-order chi connectivity index (χ0) is 13.5. The second-order valence-electron chi connectivity index (χ2n) is 4.42. The fourth-order valence-electron chi connectivity index (χ4n) is 1.65. The molecular formula is C13H23N3O2. The highest BCUT2D eigenvalue weighted by atomic mass is 16.5. The molecule has 0 atom stereocenters. The number of anilines is 1. The molecule has 1 aromatic rings. The zero-order valence-electron chi connectivity index (χ0n) is 11.7. The number of hydrogen-bond donors (Lipinski definition) is 1. The average molecular weight is 253 g/mol. The summed E-state index contributed by atoms with van der Waals surface area (Å²) in [6, 6.07) is 1.54. The van der Waals surface area contributed by atoms with Gasteiger partial charge >= 0.3 is 0 Å². The van der Waals surface area contributed by atoms with Crippen LogP contribution in [0.3, 0.4) is 0 Å². The first-order valence-electron chi connectivity index (χ1n) is 6.52. The number of ether oxygens (including phenoxy) is 1. The molecule has 0 saturated carbocycles. The van der Waals surface area contributed by atoms with Gasteiger partial charge in [-0.1, -0.05) is 13.8 Å². The predicted molar refractivity (Wildman–Crippen MR) is 73.3 cm³/mol. The van der Waals surface area contributed by atoms with Crippen molar-refractivity contribution in [3.8, 4) is 0 Å². The number of hydrogen-bond acceptors (Lipinski definition) is 4. The van der Waals surface area contributed by atoms with Crippen molar-refractivity contribution in [1.82, 2.24) is 9.97 Å². The third kappa shape index (κ3) is 4.14. The van der Waals surface area contributed by atoms with Crippen LogP contribution in [0, 0.1) is 0 Å². The lowest BCUT2D eigenvalue weighted by Gasteiger charge is -2.22. The molecule has 0 spiro atoms. The van der Waals surface area contributed by atoms with E-state index < -0.39 is 0 Å². The van der Waals surface area contributed by atoms with Crippen molar-refractivity contribution in [2.75, 3.05) is 31.2 Å². The van der Waals surface area contributed by atoms with Crippen molar-refractivity contribution < 1.29 is 4.74 Å². The maximum Gasteiger partial charge on any atom is 0.252 e. The Morgan fingerprint density at radius 1 is 1.44 bits per heavy atom. The van der Waals surface area contributed by atoms with Gasteiger partial charge in [-0.25, -0.2) is 4.98 Å². The Bertz CT molecular complexity index is 415. The lowest BCUT2D eigenvalue weighted by Crippen LogP contribution is -2.30. The molecule has 0 saturated heterocycles. The van der Waals surface area contributed by atoms with Crippen molar-refractivity contribution in [2.24, 2.45) is 0 Å². The Kier molecular flexibility index (Phi) is 5.85. The van der Waals surface area contributed by atoms with Gasteiger partial charge in [0.05, 0.1) is 6.61 Å². The first-order valence-corrected chi connectivity index (χ1v) is 6.52. The standard InChI is InChI=1S/C13H23N3O2/c1-5-16(7-8-18-6-2)11-9-12(17)15-13(14-11)10(3)4/h9-10H,5-8H2,1-4H3,(H,14,15,17). The second kappa shape index (κ2) is 7.16. The van der Waals surface area contributed by atoms with Crippen LogP contribution in [0.2, 0.25) is 0 Å². The summed E-state index contributed by atoms with van der Waals surface area (Å²) in [4.78, 5) is 20.9. The minimum Gasteiger partial charge on any atom is -0.380 e. The van der Waals surface area contributed by atoms with E-state index in [4.69, 9.17) is 4.74 Å². The van der Waals surface area contributed by atoms with Crippen molar-refractivity contribution in [3.05, 3.63) is 22.2 Å². The summed E-state index contributed by atoms with van der Waals surface area (Å²) in [5, 5.41) is 0. The third-order valence-corrected chi connectivity index (χ3v) is 2.71. The largest absolute Gasteiger partial charge is 0.380 e. The van der Waals surface area contributed by atoms with Crippen molar-refractivity contribution in [1.29, 1.82) is 0 Å². The van der Waals surface area contributed by atoms with Crippen LogP contribution in [-0.4, -0.2) is 36.3 Å². The van der Waals surface area contributed by atoms with Gasteiger partial charge in [-0.3, -0.25) is 4.79 Å². The number of nitrogens with zero attached hydrogens (tertiary/aromatic N) is 2. The molecule has 18 heavy (non-hydrogen) atoms. The van der Waals surface area contributed by atoms with E-state index in [1.807, 2.05) is 27.7 Å². The van der Waals surface area contributed by atoms with Crippen molar-refractivity contribution >= 4 is 5.82 Å². The van der Waals surface area contributed by atoms with Gasteiger partial charge in [0, 0.05) is 31.7 Å². The summed E-state index contributed by atoms with van der Waals surface area (Å²) < 4.78 is 5.34. The van der Waals surface area contributed by atoms with E-state index in [1.54, 1.807) is 6.07 Å². The number of likely N-dealkylation sites (N-methyl/N-ethyl adjacent to an activating group) is 1. The Morgan fingerprint density at radius 2 is 2.17 bits per heavy atom. The Morgan fingerprint density at radius 3 is 2.72 bits per heavy atom. The molecule has 0 aliphatic heterocycles. The fourth-order valence-corrected chi connectivity index (χ4v) is 1.65. The summed E-state index contributed by atoms with van der Waals surface area (Å²) in [7, 11) is 0. The molecule has 0 radical (unpaired) electrons. The zero-order valence-corrected chi connectivity index (χ0v) is 11.7. The molecule has 102 valence electrons. The molecule has 5 heteroatoms. The normalized spacial score (nSPS) is 10.9. The first kappa shape index (κ1) is 14.7. The van der Waals surface area contributed by atoms with Crippen LogP contribution in [0.5, 0.6) is 0 Å². The predicted octanol–water partition coefficient (Wildman–Crippen LogP) is 1.76. The summed E-state index contributed by atoms with van der Waals surface area (Å²) >= 11 is 0. The van der Waals surface area contributed by atoms with Crippen molar-refractivity contribution in [2.45, 2.75) is 33.6 Å². The van der Waals surface area contributed by atoms with Gasteiger partial charge in [0.25, 0.3) is 5.56 Å². The summed E-state index contributed by atoms with van der Waals surface area (Å²) in [6.07, 6.45) is 0. The first-order chi connectivity index (χ1) is 8.58. The number of aromatic amines is 1. The van der Waals surface area contributed by atoms with Gasteiger partial charge < -0.3 is 14.6 Å². The highest BCUT2D eigenvalue weighted by molar-refractivity contribution is 5.37. The van der Waals surface area contributed by atoms with E-state index >= 15 is 0 Å². The van der Waals surface area contributed by atoms with E-state index in [0.29, 0.717) is 13.2 Å². The molecular weight excluding hydrogens is 230 g/mol. The molecule has 0 aliphatic rings.